The van der Waals surface area contributed by atoms with Crippen molar-refractivity contribution in [2.45, 2.75) is 87.7 Å². The molecule has 21 heteroatoms. The van der Waals surface area contributed by atoms with Crippen molar-refractivity contribution in [3.05, 3.63) is 40.4 Å². The number of benzene rings is 1. The van der Waals surface area contributed by atoms with Gasteiger partial charge in [0.25, 0.3) is 17.4 Å². The van der Waals surface area contributed by atoms with E-state index in [1.165, 1.54) is 26.2 Å². The SMILES string of the molecule is CC(ON=C(C(=O)NC1C(=O)N(OS(=O)(=O)O)C1(C)C)c1csc(N)n1)(C(=O)O)C1CCc2cc(C(N)=NC3CC(N)(CCO)C3)ccc2O1. The maximum Gasteiger partial charge on any atom is 0.418 e. The number of aliphatic imine (C=N–C) groups is 1. The summed E-state index contributed by atoms with van der Waals surface area (Å²) in [5.41, 5.74) is 15.0. The molecule has 3 heterocycles. The number of carboxylic acid groups (broad SMARTS) is 1. The van der Waals surface area contributed by atoms with Crippen LogP contribution in [0.3, 0.4) is 0 Å². The fourth-order valence-electron chi connectivity index (χ4n) is 6.00. The van der Waals surface area contributed by atoms with Crippen LogP contribution in [0.2, 0.25) is 0 Å². The number of aliphatic carboxylic acids is 1. The number of ether oxygens (including phenoxy) is 1. The summed E-state index contributed by atoms with van der Waals surface area (Å²) in [7, 11) is -5.04. The lowest BCUT2D eigenvalue weighted by Crippen LogP contribution is -2.76. The zero-order chi connectivity index (χ0) is 36.8. The number of carbonyl (C=O) groups is 3. The fraction of sp³-hybridized carbons (Fsp3) is 0.517. The lowest BCUT2D eigenvalue weighted by Gasteiger charge is -2.50. The van der Waals surface area contributed by atoms with Crippen molar-refractivity contribution in [2.75, 3.05) is 12.3 Å². The quantitative estimate of drug-likeness (QED) is 0.0447. The van der Waals surface area contributed by atoms with E-state index in [0.717, 1.165) is 16.9 Å². The second-order valence-electron chi connectivity index (χ2n) is 13.1. The molecule has 2 amide bonds. The summed E-state index contributed by atoms with van der Waals surface area (Å²) >= 11 is 0.956. The first-order valence-corrected chi connectivity index (χ1v) is 17.6. The minimum Gasteiger partial charge on any atom is -0.485 e. The second kappa shape index (κ2) is 13.4. The number of carboxylic acids is 1. The molecule has 1 saturated heterocycles. The van der Waals surface area contributed by atoms with Crippen molar-refractivity contribution >= 4 is 56.2 Å². The number of thiazole rings is 1. The molecule has 1 aromatic carbocycles. The molecule has 0 bridgehead atoms. The Bertz CT molecular complexity index is 1860. The molecule has 19 nitrogen and oxygen atoms in total. The molecule has 3 aliphatic rings. The molecular weight excluding hydrogens is 700 g/mol. The maximum atomic E-state index is 13.5. The van der Waals surface area contributed by atoms with Crippen molar-refractivity contribution in [1.82, 2.24) is 15.4 Å². The Hall–Kier alpha value is -4.41. The number of fused-ring (bicyclic) bond motifs is 1. The summed E-state index contributed by atoms with van der Waals surface area (Å²) in [4.78, 5) is 52.9. The van der Waals surface area contributed by atoms with Crippen LogP contribution < -0.4 is 27.3 Å². The van der Waals surface area contributed by atoms with Crippen molar-refractivity contribution in [1.29, 1.82) is 0 Å². The first kappa shape index (κ1) is 36.9. The zero-order valence-corrected chi connectivity index (χ0v) is 28.9. The van der Waals surface area contributed by atoms with Gasteiger partial charge in [-0.3, -0.25) is 19.1 Å². The van der Waals surface area contributed by atoms with Crippen LogP contribution in [-0.2, 0) is 40.3 Å². The summed E-state index contributed by atoms with van der Waals surface area (Å²) in [5, 5.41) is 27.5. The van der Waals surface area contributed by atoms with Gasteiger partial charge in [-0.05, 0) is 76.6 Å². The Morgan fingerprint density at radius 1 is 1.30 bits per heavy atom. The number of aliphatic hydroxyl groups is 1. The van der Waals surface area contributed by atoms with Crippen LogP contribution in [-0.4, -0.2) is 104 Å². The first-order chi connectivity index (χ1) is 23.3. The molecule has 2 aliphatic heterocycles. The first-order valence-electron chi connectivity index (χ1n) is 15.3. The molecule has 3 atom stereocenters. The van der Waals surface area contributed by atoms with Crippen molar-refractivity contribution in [3.63, 3.8) is 0 Å². The topological polar surface area (TPSA) is 305 Å². The van der Waals surface area contributed by atoms with Gasteiger partial charge >= 0.3 is 16.4 Å². The average molecular weight is 739 g/mol. The van der Waals surface area contributed by atoms with Gasteiger partial charge in [0.15, 0.2) is 16.9 Å². The fourth-order valence-corrected chi connectivity index (χ4v) is 7.00. The Morgan fingerprint density at radius 3 is 2.58 bits per heavy atom. The van der Waals surface area contributed by atoms with Gasteiger partial charge in [-0.25, -0.2) is 9.78 Å². The van der Waals surface area contributed by atoms with Gasteiger partial charge in [0.05, 0.1) is 11.6 Å². The highest BCUT2D eigenvalue weighted by Crippen LogP contribution is 2.37. The Kier molecular flexibility index (Phi) is 9.86. The van der Waals surface area contributed by atoms with Gasteiger partial charge < -0.3 is 42.3 Å². The van der Waals surface area contributed by atoms with E-state index < -0.39 is 62.7 Å². The molecule has 50 heavy (non-hydrogen) atoms. The molecule has 1 aliphatic carbocycles. The third kappa shape index (κ3) is 7.37. The average Bonchev–Trinajstić information content (AvgIpc) is 3.46. The van der Waals surface area contributed by atoms with E-state index >= 15 is 0 Å². The number of aryl methyl sites for hydroxylation is 1. The number of hydrogen-bond donors (Lipinski definition) is 7. The summed E-state index contributed by atoms with van der Waals surface area (Å²) in [6.45, 7) is 3.96. The molecule has 2 aromatic rings. The van der Waals surface area contributed by atoms with Crippen LogP contribution in [0.25, 0.3) is 0 Å². The van der Waals surface area contributed by atoms with Crippen molar-refractivity contribution < 1.29 is 51.4 Å². The van der Waals surface area contributed by atoms with Gasteiger partial charge in [0.2, 0.25) is 0 Å². The number of hydroxylamine groups is 2. The smallest absolute Gasteiger partial charge is 0.418 e. The van der Waals surface area contributed by atoms with Gasteiger partial charge in [0, 0.05) is 23.1 Å². The lowest BCUT2D eigenvalue weighted by molar-refractivity contribution is -0.218. The number of anilines is 1. The van der Waals surface area contributed by atoms with E-state index in [4.69, 9.17) is 31.3 Å². The number of hydrogen-bond acceptors (Lipinski definition) is 15. The number of amides is 2. The maximum absolute atomic E-state index is 13.5. The van der Waals surface area contributed by atoms with Gasteiger partial charge in [-0.1, -0.05) is 5.16 Å². The van der Waals surface area contributed by atoms with Crippen LogP contribution >= 0.6 is 11.3 Å². The number of amidine groups is 1. The third-order valence-electron chi connectivity index (χ3n) is 8.98. The van der Waals surface area contributed by atoms with Crippen molar-refractivity contribution in [2.24, 2.45) is 21.6 Å². The van der Waals surface area contributed by atoms with Crippen LogP contribution in [0, 0.1) is 0 Å². The molecule has 10 N–H and O–H groups in total. The molecule has 272 valence electrons. The predicted molar refractivity (Wildman–Crippen MR) is 177 cm³/mol. The monoisotopic (exact) mass is 738 g/mol. The summed E-state index contributed by atoms with van der Waals surface area (Å²) in [6, 6.07) is 3.75. The molecule has 5 rings (SSSR count). The molecule has 1 aromatic heterocycles. The second-order valence-corrected chi connectivity index (χ2v) is 15.0. The van der Waals surface area contributed by atoms with E-state index in [9.17, 15) is 33.0 Å². The zero-order valence-electron chi connectivity index (χ0n) is 27.2. The van der Waals surface area contributed by atoms with Gasteiger partial charge in [-0.2, -0.15) is 13.5 Å². The largest absolute Gasteiger partial charge is 0.485 e. The highest BCUT2D eigenvalue weighted by Gasteiger charge is 2.58. The van der Waals surface area contributed by atoms with Crippen molar-refractivity contribution in [3.8, 4) is 5.75 Å². The number of β-lactam (4-membered cyclic amide) rings is 1. The van der Waals surface area contributed by atoms with E-state index in [1.54, 1.807) is 12.1 Å². The number of carbonyl (C=O) groups excluding carboxylic acids is 2. The number of nitrogens with one attached hydrogen (secondary N) is 1. The molecule has 2 fully saturated rings. The minimum atomic E-state index is -5.04. The summed E-state index contributed by atoms with van der Waals surface area (Å²) < 4.78 is 41.7. The molecular formula is C29H38N8O11S2. The molecule has 0 spiro atoms. The number of nitrogens with two attached hydrogens (primary N) is 3. The van der Waals surface area contributed by atoms with E-state index in [-0.39, 0.29) is 29.9 Å². The molecule has 1 saturated carbocycles. The van der Waals surface area contributed by atoms with E-state index in [2.05, 4.69) is 24.7 Å². The number of rotatable bonds is 13. The number of oxime groups is 1. The Labute approximate surface area is 290 Å². The number of aromatic nitrogens is 1. The standard InChI is InChI=1S/C29H38N8O11S2/c1-27(2)21(24(40)37(27)48-50(43,44)45)35-23(39)20(17-13-49-26(31)34-17)36-47-28(3,25(41)42)19-7-5-14-10-15(4-6-18(14)46-19)22(30)33-16-11-29(32,12-16)8-9-38/h4,6,10,13,16,19,21,38H,5,7-9,11-12,32H2,1-3H3,(H2,30,33)(H2,31,34)(H,35,39)(H,41,42)(H,43,44,45). The minimum absolute atomic E-state index is 0.00417. The van der Waals surface area contributed by atoms with E-state index in [1.807, 2.05) is 6.07 Å². The van der Waals surface area contributed by atoms with Crippen LogP contribution in [0.4, 0.5) is 5.13 Å². The third-order valence-corrected chi connectivity index (χ3v) is 9.99. The van der Waals surface area contributed by atoms with Gasteiger partial charge in [-0.15, -0.1) is 15.6 Å². The summed E-state index contributed by atoms with van der Waals surface area (Å²) in [5.74, 6) is -2.78. The normalized spacial score (nSPS) is 26.1. The Balaban J connectivity index is 1.32. The number of nitrogens with zero attached hydrogens (tertiary/aromatic N) is 4. The van der Waals surface area contributed by atoms with Gasteiger partial charge in [0.1, 0.15) is 23.3 Å². The predicted octanol–water partition coefficient (Wildman–Crippen LogP) is -0.529. The lowest BCUT2D eigenvalue weighted by atomic mass is 9.72. The molecule has 0 radical (unpaired) electrons. The van der Waals surface area contributed by atoms with Crippen LogP contribution in [0.5, 0.6) is 5.75 Å². The Morgan fingerprint density at radius 2 is 2.00 bits per heavy atom. The number of aliphatic hydroxyl groups excluding tert-OH is 1. The van der Waals surface area contributed by atoms with Crippen LogP contribution in [0.1, 0.15) is 63.3 Å². The van der Waals surface area contributed by atoms with Crippen LogP contribution in [0.15, 0.2) is 33.7 Å². The highest BCUT2D eigenvalue weighted by atomic mass is 32.3. The number of nitrogen functional groups attached to an aromatic ring is 1. The summed E-state index contributed by atoms with van der Waals surface area (Å²) in [6.07, 6.45) is 1.17. The van der Waals surface area contributed by atoms with E-state index in [0.29, 0.717) is 47.9 Å². The molecule has 3 unspecified atom stereocenters. The highest BCUT2D eigenvalue weighted by molar-refractivity contribution is 7.80.